The van der Waals surface area contributed by atoms with Gasteiger partial charge in [-0.3, -0.25) is 0 Å². The van der Waals surface area contributed by atoms with Gasteiger partial charge in [0.2, 0.25) is 0 Å². The average molecular weight is 937 g/mol. The van der Waals surface area contributed by atoms with Crippen molar-refractivity contribution >= 4 is 0 Å². The smallest absolute Gasteiger partial charge is 0.186 e. The van der Waals surface area contributed by atoms with Crippen LogP contribution in [-0.4, -0.2) is 202 Å². The molecule has 7 rings (SSSR count). The summed E-state index contributed by atoms with van der Waals surface area (Å²) in [5, 5.41) is 140. The summed E-state index contributed by atoms with van der Waals surface area (Å²) in [6.45, 7) is 13.1. The zero-order valence-corrected chi connectivity index (χ0v) is 38.8. The molecule has 3 aliphatic heterocycles. The molecule has 378 valence electrons. The Bertz CT molecular complexity index is 1580. The minimum atomic E-state index is -1.69. The number of aliphatic hydroxyl groups is 13. The lowest BCUT2D eigenvalue weighted by atomic mass is 9.40. The zero-order chi connectivity index (χ0) is 47.8. The third-order valence-corrected chi connectivity index (χ3v) is 18.2. The normalized spacial score (nSPS) is 54.0. The van der Waals surface area contributed by atoms with Crippen molar-refractivity contribution in [3.8, 4) is 0 Å². The predicted octanol–water partition coefficient (Wildman–Crippen LogP) is -1.76. The van der Waals surface area contributed by atoms with Crippen LogP contribution in [-0.2, 0) is 28.4 Å². The molecule has 3 heterocycles. The van der Waals surface area contributed by atoms with Crippen LogP contribution in [0.5, 0.6) is 0 Å². The van der Waals surface area contributed by atoms with Gasteiger partial charge in [-0.15, -0.1) is 0 Å². The summed E-state index contributed by atoms with van der Waals surface area (Å²) in [5.74, 6) is -0.344. The second-order valence-electron chi connectivity index (χ2n) is 22.2. The molecule has 7 aliphatic rings. The minimum Gasteiger partial charge on any atom is -0.394 e. The molecule has 0 amide bonds. The Morgan fingerprint density at radius 2 is 1.22 bits per heavy atom. The van der Waals surface area contributed by atoms with E-state index in [9.17, 15) is 66.4 Å². The van der Waals surface area contributed by atoms with E-state index < -0.39 is 136 Å². The van der Waals surface area contributed by atoms with Gasteiger partial charge in [0.1, 0.15) is 67.1 Å². The molecule has 0 spiro atoms. The van der Waals surface area contributed by atoms with Crippen molar-refractivity contribution < 1.29 is 94.8 Å². The van der Waals surface area contributed by atoms with E-state index in [1.165, 1.54) is 0 Å². The van der Waals surface area contributed by atoms with Crippen molar-refractivity contribution in [2.45, 2.75) is 222 Å². The first-order chi connectivity index (χ1) is 30.4. The number of hydrogen-bond acceptors (Lipinski definition) is 19. The van der Waals surface area contributed by atoms with E-state index >= 15 is 0 Å². The van der Waals surface area contributed by atoms with Gasteiger partial charge < -0.3 is 94.8 Å². The maximum atomic E-state index is 12.1. The topological polar surface area (TPSA) is 318 Å². The third kappa shape index (κ3) is 9.24. The minimum absolute atomic E-state index is 0.0942. The molecule has 19 heteroatoms. The van der Waals surface area contributed by atoms with Gasteiger partial charge in [0.15, 0.2) is 18.9 Å². The third-order valence-electron chi connectivity index (χ3n) is 18.2. The van der Waals surface area contributed by atoms with Gasteiger partial charge in [0, 0.05) is 0 Å². The lowest BCUT2D eigenvalue weighted by Crippen LogP contribution is -2.63. The summed E-state index contributed by atoms with van der Waals surface area (Å²) in [6.07, 6.45) is -20.4. The van der Waals surface area contributed by atoms with Crippen LogP contribution in [0.15, 0.2) is 0 Å². The quantitative estimate of drug-likeness (QED) is 0.0911. The van der Waals surface area contributed by atoms with Crippen LogP contribution in [0.4, 0.5) is 0 Å². The summed E-state index contributed by atoms with van der Waals surface area (Å²) in [7, 11) is 0. The molecule has 3 saturated heterocycles. The van der Waals surface area contributed by atoms with Gasteiger partial charge in [0.05, 0.1) is 49.8 Å². The number of fused-ring (bicyclic) bond motifs is 5. The van der Waals surface area contributed by atoms with E-state index in [0.29, 0.717) is 38.5 Å². The zero-order valence-electron chi connectivity index (χ0n) is 38.8. The second-order valence-corrected chi connectivity index (χ2v) is 22.2. The Balaban J connectivity index is 0.988. The molecule has 13 N–H and O–H groups in total. The standard InChI is InChI=1S/C46H80O19/c1-18(2)40(65-42-38(58)34(54)31(51)20(4)61-42)26(49)12-19(3)30-27(50)15-46(7)23-14-25(48)24-13-21(8-10-44(24,5)22(23)9-11-45(30,46)6)62-43-39(59)36(56)33(53)29(64-43)17-60-41-37(57)35(55)32(52)28(16-47)63-41/h18-43,47-59H,8-17H2,1-7H3/t19-,20-,21+,22+,23-,24-,25-,26-,27+,28-,29-,30+,31+,32-,33-,34+,35+,36+,37-,38-,39-,40+,41-,42+,43-,44-,45-,46+/m1/s1. The Morgan fingerprint density at radius 3 is 1.86 bits per heavy atom. The molecule has 7 fully saturated rings. The van der Waals surface area contributed by atoms with Crippen molar-refractivity contribution in [1.29, 1.82) is 0 Å². The van der Waals surface area contributed by atoms with Gasteiger partial charge >= 0.3 is 0 Å². The van der Waals surface area contributed by atoms with Crippen LogP contribution in [0.25, 0.3) is 0 Å². The van der Waals surface area contributed by atoms with Crippen molar-refractivity contribution in [1.82, 2.24) is 0 Å². The van der Waals surface area contributed by atoms with Crippen molar-refractivity contribution in [2.75, 3.05) is 13.2 Å². The lowest BCUT2D eigenvalue weighted by molar-refractivity contribution is -0.338. The summed E-state index contributed by atoms with van der Waals surface area (Å²) in [6, 6.07) is 0. The van der Waals surface area contributed by atoms with E-state index in [2.05, 4.69) is 27.7 Å². The molecule has 0 radical (unpaired) electrons. The second kappa shape index (κ2) is 19.8. The van der Waals surface area contributed by atoms with Crippen LogP contribution < -0.4 is 0 Å². The fourth-order valence-corrected chi connectivity index (χ4v) is 14.3. The molecule has 0 aromatic rings. The fraction of sp³-hybridized carbons (Fsp3) is 1.00. The summed E-state index contributed by atoms with van der Waals surface area (Å²) in [4.78, 5) is 0. The summed E-state index contributed by atoms with van der Waals surface area (Å²) >= 11 is 0. The molecule has 0 aromatic heterocycles. The highest BCUT2D eigenvalue weighted by Crippen LogP contribution is 2.73. The Morgan fingerprint density at radius 1 is 0.615 bits per heavy atom. The van der Waals surface area contributed by atoms with E-state index in [0.717, 1.165) is 12.8 Å². The van der Waals surface area contributed by atoms with Crippen LogP contribution in [0.3, 0.4) is 0 Å². The van der Waals surface area contributed by atoms with Crippen molar-refractivity contribution in [2.24, 2.45) is 51.8 Å². The molecule has 0 unspecified atom stereocenters. The van der Waals surface area contributed by atoms with Crippen LogP contribution in [0.2, 0.25) is 0 Å². The molecule has 19 nitrogen and oxygen atoms in total. The molecular weight excluding hydrogens is 856 g/mol. The van der Waals surface area contributed by atoms with Crippen LogP contribution in [0.1, 0.15) is 99.8 Å². The number of rotatable bonds is 13. The maximum absolute atomic E-state index is 12.1. The molecule has 0 bridgehead atoms. The van der Waals surface area contributed by atoms with E-state index in [1.807, 2.05) is 13.8 Å². The van der Waals surface area contributed by atoms with Crippen LogP contribution in [0, 0.1) is 51.8 Å². The highest BCUT2D eigenvalue weighted by Gasteiger charge is 2.69. The van der Waals surface area contributed by atoms with Gasteiger partial charge in [-0.2, -0.15) is 0 Å². The highest BCUT2D eigenvalue weighted by atomic mass is 16.7. The first kappa shape index (κ1) is 52.1. The van der Waals surface area contributed by atoms with Crippen molar-refractivity contribution in [3.63, 3.8) is 0 Å². The Labute approximate surface area is 381 Å². The monoisotopic (exact) mass is 937 g/mol. The molecule has 4 saturated carbocycles. The van der Waals surface area contributed by atoms with Gasteiger partial charge in [0.25, 0.3) is 0 Å². The summed E-state index contributed by atoms with van der Waals surface area (Å²) < 4.78 is 35.1. The Hall–Kier alpha value is -0.760. The number of ether oxygens (including phenoxy) is 6. The van der Waals surface area contributed by atoms with E-state index in [4.69, 9.17) is 28.4 Å². The molecule has 28 atom stereocenters. The van der Waals surface area contributed by atoms with Crippen molar-refractivity contribution in [3.05, 3.63) is 0 Å². The molecule has 4 aliphatic carbocycles. The van der Waals surface area contributed by atoms with Gasteiger partial charge in [-0.05, 0) is 110 Å². The molecular formula is C46H80O19. The Kier molecular flexibility index (Phi) is 15.9. The molecule has 0 aromatic carbocycles. The summed E-state index contributed by atoms with van der Waals surface area (Å²) in [5.41, 5.74) is -0.951. The van der Waals surface area contributed by atoms with E-state index in [1.54, 1.807) is 6.92 Å². The fourth-order valence-electron chi connectivity index (χ4n) is 14.3. The van der Waals surface area contributed by atoms with Gasteiger partial charge in [-0.1, -0.05) is 41.5 Å². The SMILES string of the molecule is CC(C)[C@H](O[C@@H]1O[C@H](C)[C@H](O)[C@H](O)[C@H]1O)[C@H](O)C[C@@H](C)[C@H]1[C@@H](O)C[C@@]2(C)[C@@H]3C[C@@H](O)[C@H]4C[C@@H](O[C@@H]5O[C@H](CO[C@@H]6O[C@H](CO)[C@@H](O)[C@H](O)[C@H]6O)[C@@H](O)[C@H](O)[C@H]5O)CC[C@]4(C)[C@H]3CC[C@]12C. The number of aliphatic hydroxyl groups excluding tert-OH is 13. The first-order valence-electron chi connectivity index (χ1n) is 24.1. The molecule has 65 heavy (non-hydrogen) atoms. The lowest BCUT2D eigenvalue weighted by Gasteiger charge is -2.66. The first-order valence-corrected chi connectivity index (χ1v) is 24.1. The van der Waals surface area contributed by atoms with E-state index in [-0.39, 0.29) is 51.8 Å². The largest absolute Gasteiger partial charge is 0.394 e. The highest BCUT2D eigenvalue weighted by molar-refractivity contribution is 5.18. The predicted molar refractivity (Wildman–Crippen MR) is 226 cm³/mol. The van der Waals surface area contributed by atoms with Gasteiger partial charge in [-0.25, -0.2) is 0 Å². The maximum Gasteiger partial charge on any atom is 0.186 e. The average Bonchev–Trinajstić information content (AvgIpc) is 3.47. The number of hydrogen-bond donors (Lipinski definition) is 13. The van der Waals surface area contributed by atoms with Crippen LogP contribution >= 0.6 is 0 Å².